The van der Waals surface area contributed by atoms with Crippen molar-refractivity contribution >= 4 is 23.6 Å². The standard InChI is InChI=1S/C24H24N4O5S/c1-14-10-15(2)26-24(25-14)34-13-16-4-6-17(7-5-16)22(29)27-28-23(30)18-11-19(31-3)21-20(12-18)32-8-9-33-21/h4-7,10-12H,8-9,13H2,1-3H3,(H,27,29)(H,28,30). The largest absolute Gasteiger partial charge is 0.493 e. The van der Waals surface area contributed by atoms with Crippen LogP contribution in [0, 0.1) is 13.8 Å². The van der Waals surface area contributed by atoms with E-state index < -0.39 is 11.8 Å². The number of carbonyl (C=O) groups is 2. The van der Waals surface area contributed by atoms with Crippen LogP contribution in [0.15, 0.2) is 47.6 Å². The zero-order chi connectivity index (χ0) is 24.1. The molecule has 0 radical (unpaired) electrons. The molecule has 3 aromatic rings. The Hall–Kier alpha value is -3.79. The van der Waals surface area contributed by atoms with Crippen molar-refractivity contribution in [3.63, 3.8) is 0 Å². The topological polar surface area (TPSA) is 112 Å². The number of thioether (sulfide) groups is 1. The number of hydrogen-bond acceptors (Lipinski definition) is 8. The van der Waals surface area contributed by atoms with Gasteiger partial charge < -0.3 is 14.2 Å². The van der Waals surface area contributed by atoms with Gasteiger partial charge in [-0.05, 0) is 49.7 Å². The number of carbonyl (C=O) groups excluding carboxylic acids is 2. The number of nitrogens with zero attached hydrogens (tertiary/aromatic N) is 2. The number of benzene rings is 2. The molecule has 0 spiro atoms. The molecule has 0 saturated carbocycles. The zero-order valence-electron chi connectivity index (χ0n) is 19.0. The smallest absolute Gasteiger partial charge is 0.269 e. The molecule has 1 aromatic heterocycles. The highest BCUT2D eigenvalue weighted by atomic mass is 32.2. The van der Waals surface area contributed by atoms with E-state index in [0.717, 1.165) is 22.1 Å². The third-order valence-corrected chi connectivity index (χ3v) is 5.84. The van der Waals surface area contributed by atoms with Crippen LogP contribution < -0.4 is 25.1 Å². The molecular weight excluding hydrogens is 456 g/mol. The number of hydrogen-bond donors (Lipinski definition) is 2. The summed E-state index contributed by atoms with van der Waals surface area (Å²) in [6, 6.07) is 12.1. The van der Waals surface area contributed by atoms with Gasteiger partial charge in [0.1, 0.15) is 13.2 Å². The molecule has 10 heteroatoms. The lowest BCUT2D eigenvalue weighted by Gasteiger charge is -2.21. The van der Waals surface area contributed by atoms with Crippen molar-refractivity contribution in [1.29, 1.82) is 0 Å². The van der Waals surface area contributed by atoms with E-state index >= 15 is 0 Å². The first-order valence-electron chi connectivity index (χ1n) is 10.6. The molecule has 0 bridgehead atoms. The molecule has 2 N–H and O–H groups in total. The second kappa shape index (κ2) is 10.4. The van der Waals surface area contributed by atoms with Crippen LogP contribution in [0.1, 0.15) is 37.7 Å². The Bertz CT molecular complexity index is 1180. The maximum absolute atomic E-state index is 12.6. The molecular formula is C24H24N4O5S. The van der Waals surface area contributed by atoms with E-state index in [1.807, 2.05) is 32.0 Å². The second-order valence-corrected chi connectivity index (χ2v) is 8.47. The molecule has 34 heavy (non-hydrogen) atoms. The van der Waals surface area contributed by atoms with Crippen LogP contribution in [0.2, 0.25) is 0 Å². The summed E-state index contributed by atoms with van der Waals surface area (Å²) in [5, 5.41) is 0.720. The number of aromatic nitrogens is 2. The Kier molecular flexibility index (Phi) is 7.17. The monoisotopic (exact) mass is 480 g/mol. The summed E-state index contributed by atoms with van der Waals surface area (Å²) < 4.78 is 16.4. The van der Waals surface area contributed by atoms with Crippen LogP contribution in [0.3, 0.4) is 0 Å². The molecule has 2 aromatic carbocycles. The number of fused-ring (bicyclic) bond motifs is 1. The van der Waals surface area contributed by atoms with E-state index in [4.69, 9.17) is 14.2 Å². The molecule has 4 rings (SSSR count). The lowest BCUT2D eigenvalue weighted by Crippen LogP contribution is -2.41. The van der Waals surface area contributed by atoms with Gasteiger partial charge >= 0.3 is 0 Å². The molecule has 2 heterocycles. The summed E-state index contributed by atoms with van der Waals surface area (Å²) in [5.74, 6) is 0.986. The number of nitrogens with one attached hydrogen (secondary N) is 2. The molecule has 1 aliphatic heterocycles. The van der Waals surface area contributed by atoms with Crippen LogP contribution >= 0.6 is 11.8 Å². The van der Waals surface area contributed by atoms with Crippen LogP contribution in [0.25, 0.3) is 0 Å². The van der Waals surface area contributed by atoms with Crippen molar-refractivity contribution in [2.24, 2.45) is 0 Å². The lowest BCUT2D eigenvalue weighted by atomic mass is 10.1. The normalized spacial score (nSPS) is 12.1. The maximum Gasteiger partial charge on any atom is 0.269 e. The Morgan fingerprint density at radius 1 is 0.941 bits per heavy atom. The third kappa shape index (κ3) is 5.57. The first-order chi connectivity index (χ1) is 16.4. The van der Waals surface area contributed by atoms with Gasteiger partial charge in [0.25, 0.3) is 11.8 Å². The van der Waals surface area contributed by atoms with Crippen LogP contribution in [-0.2, 0) is 5.75 Å². The fourth-order valence-electron chi connectivity index (χ4n) is 3.32. The molecule has 0 fully saturated rings. The number of methoxy groups -OCH3 is 1. The predicted molar refractivity (Wildman–Crippen MR) is 126 cm³/mol. The van der Waals surface area contributed by atoms with Crippen LogP contribution in [0.4, 0.5) is 0 Å². The lowest BCUT2D eigenvalue weighted by molar-refractivity contribution is 0.0846. The Morgan fingerprint density at radius 2 is 1.59 bits per heavy atom. The van der Waals surface area contributed by atoms with E-state index in [1.165, 1.54) is 24.9 Å². The van der Waals surface area contributed by atoms with Gasteiger partial charge in [0, 0.05) is 28.3 Å². The molecule has 176 valence electrons. The first kappa shape index (κ1) is 23.4. The van der Waals surface area contributed by atoms with Crippen molar-refractivity contribution < 1.29 is 23.8 Å². The van der Waals surface area contributed by atoms with Crippen molar-refractivity contribution in [3.8, 4) is 17.2 Å². The van der Waals surface area contributed by atoms with Gasteiger partial charge in [0.2, 0.25) is 5.75 Å². The summed E-state index contributed by atoms with van der Waals surface area (Å²) in [5.41, 5.74) is 8.41. The van der Waals surface area contributed by atoms with Gasteiger partial charge in [-0.1, -0.05) is 23.9 Å². The van der Waals surface area contributed by atoms with Gasteiger partial charge in [-0.25, -0.2) is 9.97 Å². The summed E-state index contributed by atoms with van der Waals surface area (Å²) in [7, 11) is 1.48. The van der Waals surface area contributed by atoms with Crippen LogP contribution in [0.5, 0.6) is 17.2 Å². The third-order valence-electron chi connectivity index (χ3n) is 4.93. The number of amides is 2. The predicted octanol–water partition coefficient (Wildman–Crippen LogP) is 3.24. The van der Waals surface area contributed by atoms with E-state index in [1.54, 1.807) is 18.2 Å². The SMILES string of the molecule is COc1cc(C(=O)NNC(=O)c2ccc(CSc3nc(C)cc(C)n3)cc2)cc2c1OCCO2. The van der Waals surface area contributed by atoms with Gasteiger partial charge in [-0.3, -0.25) is 20.4 Å². The Labute approximate surface area is 201 Å². The fraction of sp³-hybridized carbons (Fsp3) is 0.250. The highest BCUT2D eigenvalue weighted by Gasteiger charge is 2.21. The molecule has 0 aliphatic carbocycles. The zero-order valence-corrected chi connectivity index (χ0v) is 19.8. The highest BCUT2D eigenvalue weighted by molar-refractivity contribution is 7.98. The first-order valence-corrected chi connectivity index (χ1v) is 11.5. The van der Waals surface area contributed by atoms with E-state index in [0.29, 0.717) is 41.8 Å². The molecule has 0 atom stereocenters. The van der Waals surface area contributed by atoms with Gasteiger partial charge in [-0.15, -0.1) is 0 Å². The van der Waals surface area contributed by atoms with Crippen molar-refractivity contribution in [2.45, 2.75) is 24.8 Å². The summed E-state index contributed by atoms with van der Waals surface area (Å²) in [6.45, 7) is 4.66. The number of aryl methyl sites for hydroxylation is 2. The minimum Gasteiger partial charge on any atom is -0.493 e. The summed E-state index contributed by atoms with van der Waals surface area (Å²) >= 11 is 1.53. The number of ether oxygens (including phenoxy) is 3. The minimum atomic E-state index is -0.509. The van der Waals surface area contributed by atoms with Crippen LogP contribution in [-0.4, -0.2) is 42.1 Å². The van der Waals surface area contributed by atoms with Crippen molar-refractivity contribution in [2.75, 3.05) is 20.3 Å². The average Bonchev–Trinajstić information content (AvgIpc) is 2.84. The maximum atomic E-state index is 12.6. The van der Waals surface area contributed by atoms with E-state index in [2.05, 4.69) is 20.8 Å². The minimum absolute atomic E-state index is 0.266. The number of rotatable bonds is 6. The molecule has 0 unspecified atom stereocenters. The van der Waals surface area contributed by atoms with Gasteiger partial charge in [-0.2, -0.15) is 0 Å². The molecule has 9 nitrogen and oxygen atoms in total. The Morgan fingerprint density at radius 3 is 2.26 bits per heavy atom. The second-order valence-electron chi connectivity index (χ2n) is 7.53. The van der Waals surface area contributed by atoms with E-state index in [9.17, 15) is 9.59 Å². The quantitative estimate of drug-likeness (QED) is 0.314. The summed E-state index contributed by atoms with van der Waals surface area (Å²) in [4.78, 5) is 33.9. The molecule has 1 aliphatic rings. The number of hydrazine groups is 1. The summed E-state index contributed by atoms with van der Waals surface area (Å²) in [6.07, 6.45) is 0. The highest BCUT2D eigenvalue weighted by Crippen LogP contribution is 2.40. The van der Waals surface area contributed by atoms with Crippen molar-refractivity contribution in [1.82, 2.24) is 20.8 Å². The molecule has 0 saturated heterocycles. The average molecular weight is 481 g/mol. The van der Waals surface area contributed by atoms with E-state index in [-0.39, 0.29) is 5.56 Å². The molecule has 2 amide bonds. The van der Waals surface area contributed by atoms with Crippen molar-refractivity contribution in [3.05, 3.63) is 70.5 Å². The van der Waals surface area contributed by atoms with Gasteiger partial charge in [0.15, 0.2) is 16.7 Å². The Balaban J connectivity index is 1.33. The fourth-order valence-corrected chi connectivity index (χ4v) is 4.23. The van der Waals surface area contributed by atoms with Gasteiger partial charge in [0.05, 0.1) is 7.11 Å².